The third-order valence-corrected chi connectivity index (χ3v) is 2.25. The molecule has 0 bridgehead atoms. The summed E-state index contributed by atoms with van der Waals surface area (Å²) in [7, 11) is -3.99. The number of nitriles is 1. The second kappa shape index (κ2) is 3.71. The lowest BCUT2D eigenvalue weighted by atomic mass is 10.2. The minimum absolute atomic E-state index is 0.279. The lowest BCUT2D eigenvalue weighted by molar-refractivity contribution is 0.371. The summed E-state index contributed by atoms with van der Waals surface area (Å²) in [5, 5.41) is 8.46. The van der Waals surface area contributed by atoms with Crippen molar-refractivity contribution in [2.24, 2.45) is 0 Å². The van der Waals surface area contributed by atoms with E-state index in [0.717, 1.165) is 0 Å². The molecule has 0 radical (unpaired) electrons. The average molecular weight is 197 g/mol. The van der Waals surface area contributed by atoms with Gasteiger partial charge in [0.15, 0.2) is 0 Å². The van der Waals surface area contributed by atoms with Crippen molar-refractivity contribution in [2.45, 2.75) is 6.16 Å². The summed E-state index contributed by atoms with van der Waals surface area (Å²) in [4.78, 5) is 17.3. The number of benzene rings is 1. The van der Waals surface area contributed by atoms with Crippen LogP contribution in [0, 0.1) is 11.3 Å². The molecule has 0 aliphatic rings. The van der Waals surface area contributed by atoms with Crippen molar-refractivity contribution >= 4 is 7.60 Å². The molecule has 1 rings (SSSR count). The van der Waals surface area contributed by atoms with E-state index in [4.69, 9.17) is 15.0 Å². The van der Waals surface area contributed by atoms with Gasteiger partial charge in [-0.2, -0.15) is 5.26 Å². The van der Waals surface area contributed by atoms with E-state index in [2.05, 4.69) is 0 Å². The molecule has 0 unspecified atom stereocenters. The first-order chi connectivity index (χ1) is 6.01. The van der Waals surface area contributed by atoms with Gasteiger partial charge in [0.1, 0.15) is 0 Å². The van der Waals surface area contributed by atoms with Gasteiger partial charge in [0.2, 0.25) is 0 Å². The molecule has 0 saturated heterocycles. The van der Waals surface area contributed by atoms with Crippen LogP contribution in [0.25, 0.3) is 0 Å². The quantitative estimate of drug-likeness (QED) is 0.698. The van der Waals surface area contributed by atoms with Crippen LogP contribution in [0.4, 0.5) is 0 Å². The summed E-state index contributed by atoms with van der Waals surface area (Å²) in [6.45, 7) is 0. The summed E-state index contributed by atoms with van der Waals surface area (Å²) in [6.07, 6.45) is -0.279. The van der Waals surface area contributed by atoms with Crippen molar-refractivity contribution in [3.8, 4) is 6.07 Å². The molecule has 0 spiro atoms. The Hall–Kier alpha value is -1.14. The molecular formula is C8H8NO3P. The molecule has 2 N–H and O–H groups in total. The molecule has 0 atom stereocenters. The van der Waals surface area contributed by atoms with Crippen LogP contribution in [0.5, 0.6) is 0 Å². The van der Waals surface area contributed by atoms with E-state index in [1.807, 2.05) is 6.07 Å². The predicted octanol–water partition coefficient (Wildman–Crippen LogP) is 1.24. The molecule has 5 heteroatoms. The first-order valence-electron chi connectivity index (χ1n) is 3.55. The maximum atomic E-state index is 10.6. The highest BCUT2D eigenvalue weighted by Gasteiger charge is 2.13. The minimum Gasteiger partial charge on any atom is -0.324 e. The second-order valence-corrected chi connectivity index (χ2v) is 4.28. The number of hydrogen-bond acceptors (Lipinski definition) is 2. The molecule has 0 saturated carbocycles. The molecule has 0 aliphatic heterocycles. The fourth-order valence-electron chi connectivity index (χ4n) is 0.923. The van der Waals surface area contributed by atoms with Gasteiger partial charge in [-0.3, -0.25) is 4.57 Å². The molecule has 1 aromatic carbocycles. The van der Waals surface area contributed by atoms with E-state index >= 15 is 0 Å². The molecule has 13 heavy (non-hydrogen) atoms. The fourth-order valence-corrected chi connectivity index (χ4v) is 1.61. The van der Waals surface area contributed by atoms with Crippen LogP contribution in [0.3, 0.4) is 0 Å². The molecule has 68 valence electrons. The molecule has 0 amide bonds. The maximum absolute atomic E-state index is 10.6. The lowest BCUT2D eigenvalue weighted by Crippen LogP contribution is -1.86. The van der Waals surface area contributed by atoms with Gasteiger partial charge in [-0.1, -0.05) is 12.1 Å². The smallest absolute Gasteiger partial charge is 0.324 e. The SMILES string of the molecule is N#Cc1ccc(CP(=O)(O)O)cc1. The van der Waals surface area contributed by atoms with Crippen molar-refractivity contribution in [2.75, 3.05) is 0 Å². The average Bonchev–Trinajstić information content (AvgIpc) is 2.03. The molecule has 1 aromatic rings. The standard InChI is InChI=1S/C8H8NO3P/c9-5-7-1-3-8(4-2-7)6-13(10,11)12/h1-4H,6H2,(H2,10,11,12). The highest BCUT2D eigenvalue weighted by Crippen LogP contribution is 2.38. The highest BCUT2D eigenvalue weighted by atomic mass is 31.2. The minimum atomic E-state index is -3.99. The van der Waals surface area contributed by atoms with Crippen LogP contribution < -0.4 is 0 Å². The Morgan fingerprint density at radius 2 is 1.85 bits per heavy atom. The number of nitrogens with zero attached hydrogens (tertiary/aromatic N) is 1. The second-order valence-electron chi connectivity index (χ2n) is 2.63. The van der Waals surface area contributed by atoms with Crippen molar-refractivity contribution in [3.05, 3.63) is 35.4 Å². The Bertz CT molecular complexity index is 373. The van der Waals surface area contributed by atoms with Crippen molar-refractivity contribution in [3.63, 3.8) is 0 Å². The Morgan fingerprint density at radius 1 is 1.31 bits per heavy atom. The third kappa shape index (κ3) is 3.39. The summed E-state index contributed by atoms with van der Waals surface area (Å²) in [6, 6.07) is 8.07. The molecule has 0 fully saturated rings. The fraction of sp³-hybridized carbons (Fsp3) is 0.125. The molecule has 0 heterocycles. The molecule has 0 aliphatic carbocycles. The van der Waals surface area contributed by atoms with Crippen LogP contribution in [0.1, 0.15) is 11.1 Å². The van der Waals surface area contributed by atoms with Crippen LogP contribution in [-0.4, -0.2) is 9.79 Å². The van der Waals surface area contributed by atoms with E-state index in [1.54, 1.807) is 0 Å². The maximum Gasteiger partial charge on any atom is 0.329 e. The topological polar surface area (TPSA) is 81.3 Å². The Morgan fingerprint density at radius 3 is 2.23 bits per heavy atom. The Labute approximate surface area is 75.6 Å². The largest absolute Gasteiger partial charge is 0.329 e. The Kier molecular flexibility index (Phi) is 2.84. The first-order valence-corrected chi connectivity index (χ1v) is 5.34. The summed E-state index contributed by atoms with van der Waals surface area (Å²) in [5.41, 5.74) is 1.02. The van der Waals surface area contributed by atoms with Gasteiger partial charge in [0.05, 0.1) is 17.8 Å². The van der Waals surface area contributed by atoms with Crippen LogP contribution >= 0.6 is 7.60 Å². The van der Waals surface area contributed by atoms with E-state index < -0.39 is 7.60 Å². The van der Waals surface area contributed by atoms with Crippen molar-refractivity contribution in [1.29, 1.82) is 5.26 Å². The normalized spacial score (nSPS) is 10.8. The van der Waals surface area contributed by atoms with Gasteiger partial charge in [0.25, 0.3) is 0 Å². The van der Waals surface area contributed by atoms with Crippen LogP contribution in [0.15, 0.2) is 24.3 Å². The zero-order valence-corrected chi connectivity index (χ0v) is 7.61. The van der Waals surface area contributed by atoms with Crippen molar-refractivity contribution < 1.29 is 14.4 Å². The molecule has 4 nitrogen and oxygen atoms in total. The van der Waals surface area contributed by atoms with Gasteiger partial charge in [-0.15, -0.1) is 0 Å². The number of hydrogen-bond donors (Lipinski definition) is 2. The van der Waals surface area contributed by atoms with Gasteiger partial charge < -0.3 is 9.79 Å². The van der Waals surface area contributed by atoms with E-state index in [1.165, 1.54) is 24.3 Å². The van der Waals surface area contributed by atoms with Gasteiger partial charge in [0, 0.05) is 0 Å². The Balaban J connectivity index is 2.83. The van der Waals surface area contributed by atoms with Gasteiger partial charge in [-0.25, -0.2) is 0 Å². The predicted molar refractivity (Wildman–Crippen MR) is 46.9 cm³/mol. The molecule has 0 aromatic heterocycles. The van der Waals surface area contributed by atoms with E-state index in [-0.39, 0.29) is 6.16 Å². The van der Waals surface area contributed by atoms with E-state index in [0.29, 0.717) is 11.1 Å². The first kappa shape index (κ1) is 9.94. The van der Waals surface area contributed by atoms with Gasteiger partial charge in [-0.05, 0) is 17.7 Å². The van der Waals surface area contributed by atoms with Gasteiger partial charge >= 0.3 is 7.60 Å². The molecular weight excluding hydrogens is 189 g/mol. The van der Waals surface area contributed by atoms with Crippen LogP contribution in [-0.2, 0) is 10.7 Å². The monoisotopic (exact) mass is 197 g/mol. The summed E-state index contributed by atoms with van der Waals surface area (Å²) >= 11 is 0. The van der Waals surface area contributed by atoms with Crippen LogP contribution in [0.2, 0.25) is 0 Å². The summed E-state index contributed by atoms with van der Waals surface area (Å²) in [5.74, 6) is 0. The lowest BCUT2D eigenvalue weighted by Gasteiger charge is -2.02. The zero-order chi connectivity index (χ0) is 9.90. The highest BCUT2D eigenvalue weighted by molar-refractivity contribution is 7.50. The number of rotatable bonds is 2. The van der Waals surface area contributed by atoms with E-state index in [9.17, 15) is 4.57 Å². The van der Waals surface area contributed by atoms with Crippen molar-refractivity contribution in [1.82, 2.24) is 0 Å². The zero-order valence-electron chi connectivity index (χ0n) is 6.71. The summed E-state index contributed by atoms with van der Waals surface area (Å²) < 4.78 is 10.6. The third-order valence-electron chi connectivity index (χ3n) is 1.47.